The molecule has 7 nitrogen and oxygen atoms in total. The number of aromatic hydroxyl groups is 1. The van der Waals surface area contributed by atoms with Crippen LogP contribution < -0.4 is 15.5 Å². The van der Waals surface area contributed by atoms with Crippen LogP contribution in [0.3, 0.4) is 0 Å². The summed E-state index contributed by atoms with van der Waals surface area (Å²) in [4.78, 5) is 22.8. The van der Waals surface area contributed by atoms with Crippen LogP contribution in [0.5, 0.6) is 11.5 Å². The van der Waals surface area contributed by atoms with Gasteiger partial charge in [-0.2, -0.15) is 5.10 Å². The third-order valence-corrected chi connectivity index (χ3v) is 3.10. The summed E-state index contributed by atoms with van der Waals surface area (Å²) in [5, 5.41) is 15.8. The van der Waals surface area contributed by atoms with E-state index >= 15 is 0 Å². The maximum Gasteiger partial charge on any atom is 0.329 e. The first-order valence-electron chi connectivity index (χ1n) is 6.05. The lowest BCUT2D eigenvalue weighted by molar-refractivity contribution is -0.139. The highest BCUT2D eigenvalue weighted by molar-refractivity contribution is 14.1. The zero-order valence-electron chi connectivity index (χ0n) is 11.8. The number of phenols is 1. The molecule has 21 heavy (non-hydrogen) atoms. The summed E-state index contributed by atoms with van der Waals surface area (Å²) in [7, 11) is 1.43. The van der Waals surface area contributed by atoms with Gasteiger partial charge in [-0.1, -0.05) is 0 Å². The average Bonchev–Trinajstić information content (AvgIpc) is 2.41. The first kappa shape index (κ1) is 17.2. The van der Waals surface area contributed by atoms with Gasteiger partial charge in [0.15, 0.2) is 11.5 Å². The van der Waals surface area contributed by atoms with Crippen molar-refractivity contribution < 1.29 is 19.4 Å². The van der Waals surface area contributed by atoms with E-state index in [0.717, 1.165) is 0 Å². The Morgan fingerprint density at radius 2 is 2.05 bits per heavy atom. The lowest BCUT2D eigenvalue weighted by Crippen LogP contribution is -2.41. The molecule has 0 heterocycles. The molecule has 0 fully saturated rings. The van der Waals surface area contributed by atoms with E-state index in [-0.39, 0.29) is 11.8 Å². The number of nitrogens with zero attached hydrogens (tertiary/aromatic N) is 1. The highest BCUT2D eigenvalue weighted by atomic mass is 127. The molecule has 0 atom stereocenters. The van der Waals surface area contributed by atoms with Gasteiger partial charge in [-0.05, 0) is 54.1 Å². The number of ether oxygens (including phenoxy) is 1. The van der Waals surface area contributed by atoms with E-state index < -0.39 is 11.8 Å². The number of carbonyl (C=O) groups is 2. The molecule has 1 aromatic rings. The van der Waals surface area contributed by atoms with Crippen LogP contribution in [0.25, 0.3) is 0 Å². The molecule has 0 spiro atoms. The molecule has 3 N–H and O–H groups in total. The number of nitrogens with one attached hydrogen (secondary N) is 2. The fourth-order valence-electron chi connectivity index (χ4n) is 1.37. The largest absolute Gasteiger partial charge is 0.504 e. The van der Waals surface area contributed by atoms with Crippen LogP contribution >= 0.6 is 22.6 Å². The highest BCUT2D eigenvalue weighted by Crippen LogP contribution is 2.31. The topological polar surface area (TPSA) is 100 Å². The number of phenolic OH excluding ortho intramolecular Hbond substituents is 1. The second-order valence-electron chi connectivity index (χ2n) is 4.38. The van der Waals surface area contributed by atoms with E-state index in [2.05, 4.69) is 15.8 Å². The number of hydrogen-bond acceptors (Lipinski definition) is 5. The molecule has 0 aliphatic carbocycles. The molecule has 0 aromatic heterocycles. The molecule has 114 valence electrons. The Morgan fingerprint density at radius 1 is 1.38 bits per heavy atom. The summed E-state index contributed by atoms with van der Waals surface area (Å²) in [5.74, 6) is -1.26. The lowest BCUT2D eigenvalue weighted by atomic mass is 10.2. The molecule has 0 saturated carbocycles. The van der Waals surface area contributed by atoms with Gasteiger partial charge in [-0.15, -0.1) is 0 Å². The van der Waals surface area contributed by atoms with Crippen molar-refractivity contribution in [2.75, 3.05) is 7.11 Å². The Kier molecular flexibility index (Phi) is 6.40. The summed E-state index contributed by atoms with van der Waals surface area (Å²) < 4.78 is 5.59. The normalized spacial score (nSPS) is 10.7. The van der Waals surface area contributed by atoms with Gasteiger partial charge in [0.1, 0.15) is 0 Å². The van der Waals surface area contributed by atoms with Gasteiger partial charge in [0.25, 0.3) is 0 Å². The summed E-state index contributed by atoms with van der Waals surface area (Å²) in [5.41, 5.74) is 2.73. The zero-order chi connectivity index (χ0) is 16.0. The van der Waals surface area contributed by atoms with Crippen LogP contribution in [0.15, 0.2) is 17.2 Å². The first-order chi connectivity index (χ1) is 9.85. The zero-order valence-corrected chi connectivity index (χ0v) is 14.0. The van der Waals surface area contributed by atoms with Crippen LogP contribution in [0.1, 0.15) is 19.4 Å². The minimum atomic E-state index is -0.847. The Balaban J connectivity index is 2.72. The van der Waals surface area contributed by atoms with Crippen molar-refractivity contribution in [3.63, 3.8) is 0 Å². The molecule has 0 unspecified atom stereocenters. The molecule has 0 saturated heterocycles. The second kappa shape index (κ2) is 7.81. The maximum absolute atomic E-state index is 11.4. The fraction of sp³-hybridized carbons (Fsp3) is 0.308. The van der Waals surface area contributed by atoms with Crippen LogP contribution in [0.4, 0.5) is 0 Å². The Hall–Kier alpha value is -1.84. The number of methoxy groups -OCH3 is 1. The Labute approximate surface area is 135 Å². The molecular weight excluding hydrogens is 389 g/mol. The van der Waals surface area contributed by atoms with Crippen LogP contribution in [0, 0.1) is 3.57 Å². The maximum atomic E-state index is 11.4. The quantitative estimate of drug-likeness (QED) is 0.301. The Morgan fingerprint density at radius 3 is 2.62 bits per heavy atom. The number of benzene rings is 1. The van der Waals surface area contributed by atoms with Crippen LogP contribution in [-0.2, 0) is 9.59 Å². The predicted molar refractivity (Wildman–Crippen MR) is 86.4 cm³/mol. The van der Waals surface area contributed by atoms with Crippen LogP contribution in [-0.4, -0.2) is 36.3 Å². The van der Waals surface area contributed by atoms with E-state index in [1.54, 1.807) is 26.0 Å². The smallest absolute Gasteiger partial charge is 0.329 e. The van der Waals surface area contributed by atoms with Crippen molar-refractivity contribution in [3.8, 4) is 11.5 Å². The molecule has 0 radical (unpaired) electrons. The van der Waals surface area contributed by atoms with E-state index in [4.69, 9.17) is 4.74 Å². The van der Waals surface area contributed by atoms with Gasteiger partial charge < -0.3 is 15.2 Å². The number of carbonyl (C=O) groups excluding carboxylic acids is 2. The molecule has 2 amide bonds. The number of rotatable bonds is 4. The molecule has 1 rings (SSSR count). The monoisotopic (exact) mass is 405 g/mol. The lowest BCUT2D eigenvalue weighted by Gasteiger charge is -2.07. The van der Waals surface area contributed by atoms with Gasteiger partial charge >= 0.3 is 11.8 Å². The summed E-state index contributed by atoms with van der Waals surface area (Å²) in [6.07, 6.45) is 1.35. The number of amides is 2. The average molecular weight is 405 g/mol. The number of halogens is 1. The van der Waals surface area contributed by atoms with Gasteiger partial charge in [0, 0.05) is 6.04 Å². The van der Waals surface area contributed by atoms with Gasteiger partial charge in [0.2, 0.25) is 0 Å². The molecular formula is C13H16IN3O4. The predicted octanol–water partition coefficient (Wildman–Crippen LogP) is 0.980. The van der Waals surface area contributed by atoms with E-state index in [0.29, 0.717) is 14.9 Å². The van der Waals surface area contributed by atoms with Crippen molar-refractivity contribution in [3.05, 3.63) is 21.3 Å². The summed E-state index contributed by atoms with van der Waals surface area (Å²) in [6.45, 7) is 3.50. The fourth-order valence-corrected chi connectivity index (χ4v) is 1.99. The van der Waals surface area contributed by atoms with E-state index in [9.17, 15) is 14.7 Å². The minimum Gasteiger partial charge on any atom is -0.504 e. The van der Waals surface area contributed by atoms with Gasteiger partial charge in [0.05, 0.1) is 16.9 Å². The van der Waals surface area contributed by atoms with Crippen molar-refractivity contribution >= 4 is 40.6 Å². The standard InChI is InChI=1S/C13H16IN3O4/c1-7(2)16-12(19)13(20)17-15-6-8-4-9(14)11(18)10(5-8)21-3/h4-7,18H,1-3H3,(H,16,19)(H,17,20)/b15-6+. The highest BCUT2D eigenvalue weighted by Gasteiger charge is 2.13. The third kappa shape index (κ3) is 5.21. The van der Waals surface area contributed by atoms with Crippen molar-refractivity contribution in [1.82, 2.24) is 10.7 Å². The van der Waals surface area contributed by atoms with Gasteiger partial charge in [-0.25, -0.2) is 5.43 Å². The van der Waals surface area contributed by atoms with Gasteiger partial charge in [-0.3, -0.25) is 9.59 Å². The molecule has 0 bridgehead atoms. The van der Waals surface area contributed by atoms with Crippen molar-refractivity contribution in [2.24, 2.45) is 5.10 Å². The molecule has 0 aliphatic rings. The Bertz CT molecular complexity index is 573. The van der Waals surface area contributed by atoms with Crippen LogP contribution in [0.2, 0.25) is 0 Å². The SMILES string of the molecule is COc1cc(/C=N/NC(=O)C(=O)NC(C)C)cc(I)c1O. The summed E-state index contributed by atoms with van der Waals surface area (Å²) >= 11 is 1.94. The van der Waals surface area contributed by atoms with Crippen molar-refractivity contribution in [1.29, 1.82) is 0 Å². The molecule has 1 aromatic carbocycles. The molecule has 0 aliphatic heterocycles. The molecule has 8 heteroatoms. The minimum absolute atomic E-state index is 0.0376. The van der Waals surface area contributed by atoms with Crippen molar-refractivity contribution in [2.45, 2.75) is 19.9 Å². The second-order valence-corrected chi connectivity index (χ2v) is 5.54. The number of hydrazone groups is 1. The number of hydrogen-bond donors (Lipinski definition) is 3. The first-order valence-corrected chi connectivity index (χ1v) is 7.13. The summed E-state index contributed by atoms with van der Waals surface area (Å²) in [6, 6.07) is 3.08. The van der Waals surface area contributed by atoms with E-state index in [1.165, 1.54) is 13.3 Å². The third-order valence-electron chi connectivity index (χ3n) is 2.28. The van der Waals surface area contributed by atoms with E-state index in [1.807, 2.05) is 22.6 Å².